The van der Waals surface area contributed by atoms with E-state index in [0.717, 1.165) is 5.69 Å². The SMILES string of the molecule is CC(C)N[C@@H](Cc1cnc[nH]1)C(=O)OI. The minimum atomic E-state index is -0.331. The van der Waals surface area contributed by atoms with Crippen molar-refractivity contribution in [3.63, 3.8) is 0 Å². The van der Waals surface area contributed by atoms with Crippen molar-refractivity contribution in [1.29, 1.82) is 0 Å². The van der Waals surface area contributed by atoms with Crippen molar-refractivity contribution in [3.8, 4) is 0 Å². The van der Waals surface area contributed by atoms with Crippen LogP contribution in [0.15, 0.2) is 12.5 Å². The maximum absolute atomic E-state index is 11.4. The minimum absolute atomic E-state index is 0.230. The summed E-state index contributed by atoms with van der Waals surface area (Å²) in [5, 5.41) is 3.14. The molecule has 0 saturated heterocycles. The van der Waals surface area contributed by atoms with Gasteiger partial charge >= 0.3 is 5.97 Å². The Morgan fingerprint density at radius 1 is 1.73 bits per heavy atom. The number of carbonyl (C=O) groups is 1. The number of hydrogen-bond acceptors (Lipinski definition) is 4. The third kappa shape index (κ3) is 4.17. The predicted octanol–water partition coefficient (Wildman–Crippen LogP) is 1.21. The van der Waals surface area contributed by atoms with Gasteiger partial charge in [-0.15, -0.1) is 0 Å². The number of aromatic amines is 1. The van der Waals surface area contributed by atoms with E-state index < -0.39 is 0 Å². The summed E-state index contributed by atoms with van der Waals surface area (Å²) in [6.07, 6.45) is 3.85. The van der Waals surface area contributed by atoms with Gasteiger partial charge in [-0.3, -0.25) is 0 Å². The molecule has 84 valence electrons. The highest BCUT2D eigenvalue weighted by molar-refractivity contribution is 14.1. The second kappa shape index (κ2) is 6.06. The molecule has 0 radical (unpaired) electrons. The van der Waals surface area contributed by atoms with Gasteiger partial charge in [-0.25, -0.2) is 9.78 Å². The third-order valence-corrected chi connectivity index (χ3v) is 2.31. The molecule has 0 aliphatic rings. The molecule has 0 unspecified atom stereocenters. The van der Waals surface area contributed by atoms with E-state index in [1.54, 1.807) is 35.5 Å². The molecule has 1 aromatic heterocycles. The summed E-state index contributed by atoms with van der Waals surface area (Å²) in [4.78, 5) is 18.3. The third-order valence-electron chi connectivity index (χ3n) is 1.87. The Hall–Kier alpha value is -0.630. The molecule has 0 aliphatic carbocycles. The lowest BCUT2D eigenvalue weighted by molar-refractivity contribution is -0.133. The van der Waals surface area contributed by atoms with E-state index in [2.05, 4.69) is 15.3 Å². The predicted molar refractivity (Wildman–Crippen MR) is 64.5 cm³/mol. The van der Waals surface area contributed by atoms with Gasteiger partial charge in [0.05, 0.1) is 6.33 Å². The van der Waals surface area contributed by atoms with Gasteiger partial charge in [0.15, 0.2) is 23.0 Å². The van der Waals surface area contributed by atoms with Crippen molar-refractivity contribution in [3.05, 3.63) is 18.2 Å². The van der Waals surface area contributed by atoms with Gasteiger partial charge in [0.25, 0.3) is 0 Å². The highest BCUT2D eigenvalue weighted by Crippen LogP contribution is 2.03. The smallest absolute Gasteiger partial charge is 0.332 e. The average Bonchev–Trinajstić information content (AvgIpc) is 2.67. The zero-order valence-electron chi connectivity index (χ0n) is 8.66. The van der Waals surface area contributed by atoms with E-state index in [1.807, 2.05) is 13.8 Å². The lowest BCUT2D eigenvalue weighted by Gasteiger charge is -2.17. The second-order valence-corrected chi connectivity index (χ2v) is 3.99. The normalized spacial score (nSPS) is 12.8. The molecule has 2 N–H and O–H groups in total. The second-order valence-electron chi connectivity index (χ2n) is 3.55. The Balaban J connectivity index is 2.60. The number of carbonyl (C=O) groups excluding carboxylic acids is 1. The molecule has 0 aromatic carbocycles. The fraction of sp³-hybridized carbons (Fsp3) is 0.556. The molecule has 0 fully saturated rings. The molecule has 0 spiro atoms. The first-order chi connectivity index (χ1) is 7.13. The number of hydrogen-bond donors (Lipinski definition) is 2. The minimum Gasteiger partial charge on any atom is -0.393 e. The van der Waals surface area contributed by atoms with E-state index in [4.69, 9.17) is 3.07 Å². The molecule has 1 atom stereocenters. The molecule has 0 aliphatic heterocycles. The van der Waals surface area contributed by atoms with Crippen molar-refractivity contribution >= 4 is 29.0 Å². The van der Waals surface area contributed by atoms with E-state index in [-0.39, 0.29) is 18.1 Å². The molecular weight excluding hydrogens is 309 g/mol. The molecule has 1 aromatic rings. The van der Waals surface area contributed by atoms with Crippen LogP contribution in [0, 0.1) is 0 Å². The van der Waals surface area contributed by atoms with E-state index in [9.17, 15) is 4.79 Å². The van der Waals surface area contributed by atoms with Crippen molar-refractivity contribution in [2.24, 2.45) is 0 Å². The first-order valence-electron chi connectivity index (χ1n) is 4.69. The number of nitrogens with one attached hydrogen (secondary N) is 2. The van der Waals surface area contributed by atoms with Gasteiger partial charge in [-0.1, -0.05) is 13.8 Å². The van der Waals surface area contributed by atoms with Crippen LogP contribution in [0.2, 0.25) is 0 Å². The number of halogens is 1. The average molecular weight is 323 g/mol. The van der Waals surface area contributed by atoms with Gasteiger partial charge in [0.1, 0.15) is 6.04 Å². The molecule has 0 saturated carbocycles. The van der Waals surface area contributed by atoms with Crippen LogP contribution in [-0.2, 0) is 14.3 Å². The van der Waals surface area contributed by atoms with Crippen molar-refractivity contribution in [1.82, 2.24) is 15.3 Å². The van der Waals surface area contributed by atoms with Gasteiger partial charge in [0, 0.05) is 24.4 Å². The largest absolute Gasteiger partial charge is 0.393 e. The van der Waals surface area contributed by atoms with Gasteiger partial charge < -0.3 is 13.4 Å². The van der Waals surface area contributed by atoms with Gasteiger partial charge in [0.2, 0.25) is 0 Å². The van der Waals surface area contributed by atoms with Crippen LogP contribution in [0.4, 0.5) is 0 Å². The Labute approximate surface area is 103 Å². The quantitative estimate of drug-likeness (QED) is 0.800. The highest BCUT2D eigenvalue weighted by Gasteiger charge is 2.21. The zero-order valence-corrected chi connectivity index (χ0v) is 10.8. The Bertz CT molecular complexity index is 300. The van der Waals surface area contributed by atoms with Crippen LogP contribution in [0.25, 0.3) is 0 Å². The van der Waals surface area contributed by atoms with Crippen molar-refractivity contribution in [2.75, 3.05) is 0 Å². The summed E-state index contributed by atoms with van der Waals surface area (Å²) in [7, 11) is 0. The van der Waals surface area contributed by atoms with Crippen LogP contribution < -0.4 is 5.32 Å². The summed E-state index contributed by atoms with van der Waals surface area (Å²) < 4.78 is 4.70. The first-order valence-corrected chi connectivity index (χ1v) is 5.57. The molecule has 1 rings (SSSR count). The summed E-state index contributed by atoms with van der Waals surface area (Å²) in [5.41, 5.74) is 0.912. The van der Waals surface area contributed by atoms with Crippen LogP contribution >= 0.6 is 23.0 Å². The van der Waals surface area contributed by atoms with Gasteiger partial charge in [-0.2, -0.15) is 0 Å². The molecule has 5 nitrogen and oxygen atoms in total. The topological polar surface area (TPSA) is 67.0 Å². The lowest BCUT2D eigenvalue weighted by atomic mass is 10.1. The van der Waals surface area contributed by atoms with Crippen LogP contribution in [0.3, 0.4) is 0 Å². The van der Waals surface area contributed by atoms with E-state index >= 15 is 0 Å². The summed E-state index contributed by atoms with van der Waals surface area (Å²) in [6, 6.07) is -0.101. The number of aromatic nitrogens is 2. The lowest BCUT2D eigenvalue weighted by Crippen LogP contribution is -2.42. The Morgan fingerprint density at radius 3 is 2.93 bits per heavy atom. The number of rotatable bonds is 5. The van der Waals surface area contributed by atoms with Crippen molar-refractivity contribution in [2.45, 2.75) is 32.4 Å². The molecular formula is C9H14IN3O2. The first kappa shape index (κ1) is 12.4. The molecule has 0 amide bonds. The summed E-state index contributed by atoms with van der Waals surface area (Å²) in [5.74, 6) is -0.265. The summed E-state index contributed by atoms with van der Waals surface area (Å²) in [6.45, 7) is 3.97. The Kier molecular flexibility index (Phi) is 5.03. The maximum Gasteiger partial charge on any atom is 0.332 e. The van der Waals surface area contributed by atoms with E-state index in [0.29, 0.717) is 6.42 Å². The monoisotopic (exact) mass is 323 g/mol. The zero-order chi connectivity index (χ0) is 11.3. The molecule has 1 heterocycles. The van der Waals surface area contributed by atoms with Crippen LogP contribution in [0.1, 0.15) is 19.5 Å². The van der Waals surface area contributed by atoms with Crippen LogP contribution in [0.5, 0.6) is 0 Å². The standard InChI is InChI=1S/C9H14IN3O2/c1-6(2)13-8(9(14)15-10)3-7-4-11-5-12-7/h4-6,8,13H,3H2,1-2H3,(H,11,12)/t8-/m0/s1. The fourth-order valence-electron chi connectivity index (χ4n) is 1.28. The van der Waals surface area contributed by atoms with Crippen LogP contribution in [-0.4, -0.2) is 28.0 Å². The van der Waals surface area contributed by atoms with Crippen molar-refractivity contribution < 1.29 is 7.86 Å². The number of nitrogens with zero attached hydrogens (tertiary/aromatic N) is 1. The Morgan fingerprint density at radius 2 is 2.47 bits per heavy atom. The van der Waals surface area contributed by atoms with Gasteiger partial charge in [-0.05, 0) is 0 Å². The highest BCUT2D eigenvalue weighted by atomic mass is 127. The fourth-order valence-corrected chi connectivity index (χ4v) is 1.59. The van der Waals surface area contributed by atoms with E-state index in [1.165, 1.54) is 0 Å². The number of H-pyrrole nitrogens is 1. The molecule has 15 heavy (non-hydrogen) atoms. The number of imidazole rings is 1. The molecule has 6 heteroatoms. The maximum atomic E-state index is 11.4. The molecule has 0 bridgehead atoms. The summed E-state index contributed by atoms with van der Waals surface area (Å²) >= 11 is 1.60.